The van der Waals surface area contributed by atoms with Gasteiger partial charge in [-0.2, -0.15) is 22.5 Å². The third-order valence-electron chi connectivity index (χ3n) is 4.52. The number of nitrogens with zero attached hydrogens (tertiary/aromatic N) is 5. The van der Waals surface area contributed by atoms with E-state index in [0.29, 0.717) is 26.1 Å². The van der Waals surface area contributed by atoms with Crippen LogP contribution in [0, 0.1) is 0 Å². The molecule has 3 aromatic rings. The number of alkyl halides is 3. The van der Waals surface area contributed by atoms with Gasteiger partial charge in [-0.15, -0.1) is 0 Å². The molecule has 0 amide bonds. The number of rotatable bonds is 4. The Morgan fingerprint density at radius 3 is 2.64 bits per heavy atom. The van der Waals surface area contributed by atoms with E-state index < -0.39 is 17.4 Å². The zero-order valence-corrected chi connectivity index (χ0v) is 14.6. The Hall–Kier alpha value is -2.95. The molecule has 0 N–H and O–H groups in total. The molecule has 0 aliphatic carbocycles. The number of benzene rings is 1. The number of tetrazole rings is 1. The van der Waals surface area contributed by atoms with Crippen molar-refractivity contribution in [2.24, 2.45) is 0 Å². The second-order valence-corrected chi connectivity index (χ2v) is 6.39. The van der Waals surface area contributed by atoms with E-state index in [1.54, 1.807) is 0 Å². The molecule has 0 bridgehead atoms. The van der Waals surface area contributed by atoms with Crippen LogP contribution in [0.15, 0.2) is 39.7 Å². The van der Waals surface area contributed by atoms with E-state index in [0.717, 1.165) is 10.7 Å². The molecule has 0 spiro atoms. The molecule has 1 saturated heterocycles. The molecule has 0 radical (unpaired) electrons. The zero-order valence-electron chi connectivity index (χ0n) is 14.6. The summed E-state index contributed by atoms with van der Waals surface area (Å²) in [6.07, 6.45) is -1.99. The molecule has 1 aliphatic rings. The highest BCUT2D eigenvalue weighted by atomic mass is 19.4. The lowest BCUT2D eigenvalue weighted by atomic mass is 10.1. The molecule has 28 heavy (non-hydrogen) atoms. The molecule has 3 heterocycles. The summed E-state index contributed by atoms with van der Waals surface area (Å²) < 4.78 is 52.4. The minimum atomic E-state index is -4.53. The molecule has 11 heteroatoms. The van der Waals surface area contributed by atoms with Crippen molar-refractivity contribution >= 4 is 0 Å². The summed E-state index contributed by atoms with van der Waals surface area (Å²) in [5.74, 6) is -0.173. The van der Waals surface area contributed by atoms with Gasteiger partial charge in [0.1, 0.15) is 12.0 Å². The second kappa shape index (κ2) is 7.23. The van der Waals surface area contributed by atoms with Gasteiger partial charge in [0.15, 0.2) is 0 Å². The Morgan fingerprint density at radius 1 is 1.14 bits per heavy atom. The molecule has 2 aromatic heterocycles. The van der Waals surface area contributed by atoms with Gasteiger partial charge in [-0.1, -0.05) is 12.1 Å². The van der Waals surface area contributed by atoms with Gasteiger partial charge in [-0.3, -0.25) is 0 Å². The van der Waals surface area contributed by atoms with Crippen LogP contribution in [0.1, 0.15) is 30.1 Å². The molecular weight excluding hydrogens is 379 g/mol. The van der Waals surface area contributed by atoms with E-state index in [4.69, 9.17) is 9.15 Å². The Labute approximate surface area is 156 Å². The number of hydrogen-bond donors (Lipinski definition) is 0. The predicted octanol–water partition coefficient (Wildman–Crippen LogP) is 2.51. The van der Waals surface area contributed by atoms with Crippen molar-refractivity contribution in [3.05, 3.63) is 52.3 Å². The molecule has 8 nitrogen and oxygen atoms in total. The molecule has 0 unspecified atom stereocenters. The lowest BCUT2D eigenvalue weighted by Crippen LogP contribution is -2.31. The van der Waals surface area contributed by atoms with Crippen LogP contribution in [0.25, 0.3) is 11.5 Å². The fourth-order valence-electron chi connectivity index (χ4n) is 3.12. The minimum absolute atomic E-state index is 0.0558. The smallest absolute Gasteiger partial charge is 0.417 e. The Kier molecular flexibility index (Phi) is 4.75. The summed E-state index contributed by atoms with van der Waals surface area (Å²) in [5.41, 5.74) is -1.15. The topological polar surface area (TPSA) is 88.0 Å². The number of aromatic nitrogens is 5. The van der Waals surface area contributed by atoms with Crippen LogP contribution in [0.5, 0.6) is 0 Å². The van der Waals surface area contributed by atoms with E-state index in [-0.39, 0.29) is 29.7 Å². The van der Waals surface area contributed by atoms with Crippen molar-refractivity contribution < 1.29 is 22.3 Å². The first-order valence-electron chi connectivity index (χ1n) is 8.64. The molecule has 1 aromatic carbocycles. The van der Waals surface area contributed by atoms with Gasteiger partial charge >= 0.3 is 11.9 Å². The molecule has 1 fully saturated rings. The van der Waals surface area contributed by atoms with Gasteiger partial charge in [0.2, 0.25) is 5.89 Å². The maximum atomic E-state index is 13.2. The standard InChI is InChI=1S/C17H16F3N5O3/c18-17(19,20)14-4-2-1-3-13(14)15-21-11(10-28-15)9-24-16(26)25(23-22-24)12-5-7-27-8-6-12/h1-4,10,12H,5-9H2. The van der Waals surface area contributed by atoms with Crippen molar-refractivity contribution in [1.82, 2.24) is 24.8 Å². The van der Waals surface area contributed by atoms with E-state index in [2.05, 4.69) is 15.4 Å². The summed E-state index contributed by atoms with van der Waals surface area (Å²) in [5, 5.41) is 7.74. The van der Waals surface area contributed by atoms with Crippen molar-refractivity contribution in [2.75, 3.05) is 13.2 Å². The van der Waals surface area contributed by atoms with Gasteiger partial charge in [0.05, 0.1) is 18.2 Å². The average Bonchev–Trinajstić information content (AvgIpc) is 3.29. The molecule has 0 atom stereocenters. The number of oxazole rings is 1. The van der Waals surface area contributed by atoms with Crippen molar-refractivity contribution in [3.8, 4) is 11.5 Å². The van der Waals surface area contributed by atoms with E-state index >= 15 is 0 Å². The maximum absolute atomic E-state index is 13.2. The van der Waals surface area contributed by atoms with Crippen LogP contribution >= 0.6 is 0 Å². The van der Waals surface area contributed by atoms with Gasteiger partial charge < -0.3 is 9.15 Å². The molecule has 148 valence electrons. The maximum Gasteiger partial charge on any atom is 0.417 e. The monoisotopic (exact) mass is 395 g/mol. The summed E-state index contributed by atoms with van der Waals surface area (Å²) in [6.45, 7) is 1.05. The van der Waals surface area contributed by atoms with E-state index in [1.165, 1.54) is 29.1 Å². The molecule has 1 aliphatic heterocycles. The number of hydrogen-bond acceptors (Lipinski definition) is 6. The molecule has 0 saturated carbocycles. The second-order valence-electron chi connectivity index (χ2n) is 6.39. The SMILES string of the molecule is O=c1n(Cc2coc(-c3ccccc3C(F)(F)F)n2)nnn1C1CCOCC1. The number of halogens is 3. The van der Waals surface area contributed by atoms with Gasteiger partial charge in [0, 0.05) is 18.8 Å². The Bertz CT molecular complexity index is 1020. The van der Waals surface area contributed by atoms with E-state index in [9.17, 15) is 18.0 Å². The van der Waals surface area contributed by atoms with Crippen molar-refractivity contribution in [1.29, 1.82) is 0 Å². The van der Waals surface area contributed by atoms with Crippen LogP contribution in [0.2, 0.25) is 0 Å². The quantitative estimate of drug-likeness (QED) is 0.675. The Balaban J connectivity index is 1.57. The molecular formula is C17H16F3N5O3. The Morgan fingerprint density at radius 2 is 1.89 bits per heavy atom. The first-order valence-corrected chi connectivity index (χ1v) is 8.64. The minimum Gasteiger partial charge on any atom is -0.444 e. The average molecular weight is 395 g/mol. The lowest BCUT2D eigenvalue weighted by Gasteiger charge is -2.20. The van der Waals surface area contributed by atoms with Crippen LogP contribution in [0.3, 0.4) is 0 Å². The summed E-state index contributed by atoms with van der Waals surface area (Å²) >= 11 is 0. The van der Waals surface area contributed by atoms with Gasteiger partial charge in [0.25, 0.3) is 0 Å². The third kappa shape index (κ3) is 3.57. The zero-order chi connectivity index (χ0) is 19.7. The highest BCUT2D eigenvalue weighted by molar-refractivity contribution is 5.59. The fraction of sp³-hybridized carbons (Fsp3) is 0.412. The first kappa shape index (κ1) is 18.4. The highest BCUT2D eigenvalue weighted by Gasteiger charge is 2.34. The van der Waals surface area contributed by atoms with Crippen LogP contribution < -0.4 is 5.69 Å². The van der Waals surface area contributed by atoms with E-state index in [1.807, 2.05) is 0 Å². The van der Waals surface area contributed by atoms with Crippen LogP contribution in [-0.2, 0) is 17.5 Å². The first-order chi connectivity index (χ1) is 13.4. The van der Waals surface area contributed by atoms with Crippen LogP contribution in [0.4, 0.5) is 13.2 Å². The van der Waals surface area contributed by atoms with Crippen molar-refractivity contribution in [3.63, 3.8) is 0 Å². The predicted molar refractivity (Wildman–Crippen MR) is 89.4 cm³/mol. The summed E-state index contributed by atoms with van der Waals surface area (Å²) in [6, 6.07) is 4.93. The third-order valence-corrected chi connectivity index (χ3v) is 4.52. The van der Waals surface area contributed by atoms with Gasteiger partial charge in [-0.05, 0) is 35.4 Å². The summed E-state index contributed by atoms with van der Waals surface area (Å²) in [4.78, 5) is 16.6. The van der Waals surface area contributed by atoms with Gasteiger partial charge in [-0.25, -0.2) is 9.78 Å². The van der Waals surface area contributed by atoms with Crippen molar-refractivity contribution in [2.45, 2.75) is 31.6 Å². The number of ether oxygens (including phenoxy) is 1. The highest BCUT2D eigenvalue weighted by Crippen LogP contribution is 2.36. The van der Waals surface area contributed by atoms with Crippen LogP contribution in [-0.4, -0.2) is 38.0 Å². The fourth-order valence-corrected chi connectivity index (χ4v) is 3.12. The normalized spacial score (nSPS) is 15.8. The summed E-state index contributed by atoms with van der Waals surface area (Å²) in [7, 11) is 0. The lowest BCUT2D eigenvalue weighted by molar-refractivity contribution is -0.137. The molecule has 4 rings (SSSR count). The largest absolute Gasteiger partial charge is 0.444 e.